The maximum Gasteiger partial charge on any atom is 0.374 e. The van der Waals surface area contributed by atoms with E-state index in [4.69, 9.17) is 13.9 Å². The highest BCUT2D eigenvalue weighted by Crippen LogP contribution is 2.33. The summed E-state index contributed by atoms with van der Waals surface area (Å²) >= 11 is 3.37. The van der Waals surface area contributed by atoms with Crippen molar-refractivity contribution in [1.29, 1.82) is 0 Å². The van der Waals surface area contributed by atoms with Crippen molar-refractivity contribution in [3.8, 4) is 17.1 Å². The minimum atomic E-state index is -0.468. The molecule has 1 aromatic heterocycles. The van der Waals surface area contributed by atoms with Gasteiger partial charge < -0.3 is 13.9 Å². The minimum absolute atomic E-state index is 0.182. The lowest BCUT2D eigenvalue weighted by atomic mass is 10.1. The van der Waals surface area contributed by atoms with Crippen LogP contribution in [0.25, 0.3) is 11.3 Å². The molecule has 19 heavy (non-hydrogen) atoms. The van der Waals surface area contributed by atoms with E-state index in [1.165, 1.54) is 0 Å². The van der Waals surface area contributed by atoms with E-state index in [1.54, 1.807) is 26.2 Å². The molecule has 5 heteroatoms. The van der Waals surface area contributed by atoms with Gasteiger partial charge in [-0.1, -0.05) is 15.9 Å². The Morgan fingerprint density at radius 3 is 2.79 bits per heavy atom. The molecule has 2 aromatic rings. The van der Waals surface area contributed by atoms with Gasteiger partial charge in [-0.05, 0) is 37.3 Å². The molecular weight excluding hydrogens is 312 g/mol. The second-order valence-corrected chi connectivity index (χ2v) is 4.64. The van der Waals surface area contributed by atoms with Crippen LogP contribution >= 0.6 is 15.9 Å². The van der Waals surface area contributed by atoms with E-state index in [1.807, 2.05) is 18.2 Å². The molecule has 0 N–H and O–H groups in total. The van der Waals surface area contributed by atoms with Gasteiger partial charge in [-0.25, -0.2) is 4.79 Å². The van der Waals surface area contributed by atoms with Crippen LogP contribution in [0.5, 0.6) is 5.75 Å². The van der Waals surface area contributed by atoms with Crippen molar-refractivity contribution in [3.05, 3.63) is 40.6 Å². The highest BCUT2D eigenvalue weighted by atomic mass is 79.9. The van der Waals surface area contributed by atoms with Crippen LogP contribution in [-0.4, -0.2) is 19.7 Å². The third kappa shape index (κ3) is 2.98. The van der Waals surface area contributed by atoms with E-state index in [0.29, 0.717) is 18.1 Å². The molecule has 0 fully saturated rings. The lowest BCUT2D eigenvalue weighted by Gasteiger charge is -2.06. The molecule has 0 saturated carbocycles. The van der Waals surface area contributed by atoms with Gasteiger partial charge in [0.2, 0.25) is 5.76 Å². The van der Waals surface area contributed by atoms with Crippen LogP contribution in [0.4, 0.5) is 0 Å². The summed E-state index contributed by atoms with van der Waals surface area (Å²) in [6.07, 6.45) is 0. The summed E-state index contributed by atoms with van der Waals surface area (Å²) in [5.74, 6) is 0.943. The van der Waals surface area contributed by atoms with Crippen molar-refractivity contribution in [2.45, 2.75) is 6.92 Å². The van der Waals surface area contributed by atoms with E-state index in [9.17, 15) is 4.79 Å². The molecule has 0 unspecified atom stereocenters. The quantitative estimate of drug-likeness (QED) is 0.800. The molecular formula is C14H13BrO4. The number of carbonyl (C=O) groups excluding carboxylic acids is 1. The zero-order chi connectivity index (χ0) is 13.8. The van der Waals surface area contributed by atoms with E-state index >= 15 is 0 Å². The Kier molecular flexibility index (Phi) is 4.27. The van der Waals surface area contributed by atoms with E-state index in [2.05, 4.69) is 15.9 Å². The van der Waals surface area contributed by atoms with Gasteiger partial charge >= 0.3 is 5.97 Å². The average molecular weight is 325 g/mol. The summed E-state index contributed by atoms with van der Waals surface area (Å²) < 4.78 is 16.6. The number of ether oxygens (including phenoxy) is 2. The molecule has 0 spiro atoms. The Labute approximate surface area is 119 Å². The van der Waals surface area contributed by atoms with E-state index in [-0.39, 0.29) is 5.76 Å². The summed E-state index contributed by atoms with van der Waals surface area (Å²) in [6, 6.07) is 8.88. The summed E-state index contributed by atoms with van der Waals surface area (Å²) in [5.41, 5.74) is 0.779. The summed E-state index contributed by atoms with van der Waals surface area (Å²) in [7, 11) is 1.58. The number of benzene rings is 1. The number of halogens is 1. The largest absolute Gasteiger partial charge is 0.496 e. The Balaban J connectivity index is 2.35. The van der Waals surface area contributed by atoms with Crippen LogP contribution in [0, 0.1) is 0 Å². The SMILES string of the molecule is CCOC(=O)c1ccc(-c2ccc(Br)cc2OC)o1. The normalized spacial score (nSPS) is 10.3. The van der Waals surface area contributed by atoms with E-state index in [0.717, 1.165) is 10.0 Å². The fraction of sp³-hybridized carbons (Fsp3) is 0.214. The molecule has 0 amide bonds. The minimum Gasteiger partial charge on any atom is -0.496 e. The molecule has 0 aliphatic heterocycles. The number of esters is 1. The number of methoxy groups -OCH3 is 1. The number of hydrogen-bond donors (Lipinski definition) is 0. The summed E-state index contributed by atoms with van der Waals surface area (Å²) in [5, 5.41) is 0. The molecule has 100 valence electrons. The third-order valence-electron chi connectivity index (χ3n) is 2.51. The van der Waals surface area contributed by atoms with Gasteiger partial charge in [0, 0.05) is 4.47 Å². The molecule has 0 bridgehead atoms. The predicted octanol–water partition coefficient (Wildman–Crippen LogP) is 3.89. The zero-order valence-corrected chi connectivity index (χ0v) is 12.2. The maximum absolute atomic E-state index is 11.5. The second-order valence-electron chi connectivity index (χ2n) is 3.73. The van der Waals surface area contributed by atoms with Gasteiger partial charge in [-0.3, -0.25) is 0 Å². The molecule has 1 heterocycles. The Morgan fingerprint density at radius 2 is 2.11 bits per heavy atom. The second kappa shape index (κ2) is 5.93. The van der Waals surface area contributed by atoms with Crippen molar-refractivity contribution in [1.82, 2.24) is 0 Å². The van der Waals surface area contributed by atoms with Gasteiger partial charge in [-0.15, -0.1) is 0 Å². The fourth-order valence-electron chi connectivity index (χ4n) is 1.66. The van der Waals surface area contributed by atoms with Crippen LogP contribution in [0.2, 0.25) is 0 Å². The molecule has 2 rings (SSSR count). The zero-order valence-electron chi connectivity index (χ0n) is 10.6. The highest BCUT2D eigenvalue weighted by Gasteiger charge is 2.15. The van der Waals surface area contributed by atoms with Crippen molar-refractivity contribution in [3.63, 3.8) is 0 Å². The molecule has 0 atom stereocenters. The first-order valence-electron chi connectivity index (χ1n) is 5.76. The van der Waals surface area contributed by atoms with Gasteiger partial charge in [0.25, 0.3) is 0 Å². The first-order chi connectivity index (χ1) is 9.15. The number of hydrogen-bond acceptors (Lipinski definition) is 4. The van der Waals surface area contributed by atoms with Crippen molar-refractivity contribution in [2.75, 3.05) is 13.7 Å². The molecule has 0 aliphatic rings. The fourth-order valence-corrected chi connectivity index (χ4v) is 2.00. The van der Waals surface area contributed by atoms with Crippen molar-refractivity contribution < 1.29 is 18.7 Å². The topological polar surface area (TPSA) is 48.7 Å². The lowest BCUT2D eigenvalue weighted by molar-refractivity contribution is 0.0491. The van der Waals surface area contributed by atoms with Crippen LogP contribution < -0.4 is 4.74 Å². The standard InChI is InChI=1S/C14H13BrO4/c1-3-18-14(16)12-7-6-11(19-12)10-5-4-9(15)8-13(10)17-2/h4-8H,3H2,1-2H3. The van der Waals surface area contributed by atoms with E-state index < -0.39 is 5.97 Å². The Hall–Kier alpha value is -1.75. The third-order valence-corrected chi connectivity index (χ3v) is 3.00. The molecule has 0 aliphatic carbocycles. The summed E-state index contributed by atoms with van der Waals surface area (Å²) in [6.45, 7) is 2.07. The number of furan rings is 1. The highest BCUT2D eigenvalue weighted by molar-refractivity contribution is 9.10. The van der Waals surface area contributed by atoms with Gasteiger partial charge in [0.05, 0.1) is 19.3 Å². The van der Waals surface area contributed by atoms with Gasteiger partial charge in [0.15, 0.2) is 0 Å². The molecule has 1 aromatic carbocycles. The van der Waals surface area contributed by atoms with Gasteiger partial charge in [0.1, 0.15) is 11.5 Å². The Bertz CT molecular complexity index is 589. The monoisotopic (exact) mass is 324 g/mol. The smallest absolute Gasteiger partial charge is 0.374 e. The van der Waals surface area contributed by atoms with Crippen molar-refractivity contribution >= 4 is 21.9 Å². The molecule has 0 saturated heterocycles. The number of rotatable bonds is 4. The lowest BCUT2D eigenvalue weighted by Crippen LogP contribution is -2.02. The first-order valence-corrected chi connectivity index (χ1v) is 6.56. The van der Waals surface area contributed by atoms with Crippen LogP contribution in [0.1, 0.15) is 17.5 Å². The number of carbonyl (C=O) groups is 1. The maximum atomic E-state index is 11.5. The van der Waals surface area contributed by atoms with Gasteiger partial charge in [-0.2, -0.15) is 0 Å². The molecule has 4 nitrogen and oxygen atoms in total. The first kappa shape index (κ1) is 13.7. The Morgan fingerprint density at radius 1 is 1.32 bits per heavy atom. The summed E-state index contributed by atoms with van der Waals surface area (Å²) in [4.78, 5) is 11.5. The van der Waals surface area contributed by atoms with Crippen LogP contribution in [0.15, 0.2) is 39.2 Å². The van der Waals surface area contributed by atoms with Crippen molar-refractivity contribution in [2.24, 2.45) is 0 Å². The van der Waals surface area contributed by atoms with Crippen LogP contribution in [-0.2, 0) is 4.74 Å². The van der Waals surface area contributed by atoms with Crippen LogP contribution in [0.3, 0.4) is 0 Å². The predicted molar refractivity (Wildman–Crippen MR) is 74.4 cm³/mol. The molecule has 0 radical (unpaired) electrons. The average Bonchev–Trinajstić information content (AvgIpc) is 2.88.